The molecule has 0 saturated carbocycles. The number of ether oxygens (including phenoxy) is 1. The molecule has 0 bridgehead atoms. The molecule has 130 valence electrons. The van der Waals surface area contributed by atoms with E-state index in [1.807, 2.05) is 7.05 Å². The van der Waals surface area contributed by atoms with Gasteiger partial charge in [0.05, 0.1) is 6.10 Å². The Balaban J connectivity index is 0.00000264. The number of rotatable bonds is 7. The van der Waals surface area contributed by atoms with Gasteiger partial charge >= 0.3 is 0 Å². The molecule has 0 amide bonds. The van der Waals surface area contributed by atoms with Gasteiger partial charge in [-0.25, -0.2) is 0 Å². The van der Waals surface area contributed by atoms with Crippen molar-refractivity contribution in [1.82, 2.24) is 10.6 Å². The Labute approximate surface area is 157 Å². The number of halogens is 1. The molecule has 0 radical (unpaired) electrons. The second-order valence-electron chi connectivity index (χ2n) is 5.99. The molecule has 4 nitrogen and oxygen atoms in total. The van der Waals surface area contributed by atoms with Crippen LogP contribution in [-0.4, -0.2) is 38.3 Å². The average molecular weight is 431 g/mol. The summed E-state index contributed by atoms with van der Waals surface area (Å²) in [6, 6.07) is 11.0. The topological polar surface area (TPSA) is 45.7 Å². The van der Waals surface area contributed by atoms with E-state index in [1.165, 1.54) is 18.4 Å². The summed E-state index contributed by atoms with van der Waals surface area (Å²) in [5.41, 5.74) is 1.39. The van der Waals surface area contributed by atoms with E-state index in [1.54, 1.807) is 0 Å². The largest absolute Gasteiger partial charge is 0.378 e. The van der Waals surface area contributed by atoms with Crippen LogP contribution in [-0.2, 0) is 11.2 Å². The van der Waals surface area contributed by atoms with Crippen LogP contribution in [0.15, 0.2) is 35.3 Å². The Bertz CT molecular complexity index is 447. The lowest BCUT2D eigenvalue weighted by Crippen LogP contribution is -2.43. The molecule has 2 unspecified atom stereocenters. The fourth-order valence-electron chi connectivity index (χ4n) is 2.75. The van der Waals surface area contributed by atoms with Gasteiger partial charge in [0.2, 0.25) is 0 Å². The number of aryl methyl sites for hydroxylation is 1. The van der Waals surface area contributed by atoms with Gasteiger partial charge in [-0.15, -0.1) is 24.0 Å². The summed E-state index contributed by atoms with van der Waals surface area (Å²) in [7, 11) is 1.82. The molecule has 2 rings (SSSR count). The predicted molar refractivity (Wildman–Crippen MR) is 108 cm³/mol. The van der Waals surface area contributed by atoms with E-state index in [9.17, 15) is 0 Å². The first-order chi connectivity index (χ1) is 10.8. The van der Waals surface area contributed by atoms with E-state index in [-0.39, 0.29) is 24.0 Å². The summed E-state index contributed by atoms with van der Waals surface area (Å²) in [5, 5.41) is 6.84. The van der Waals surface area contributed by atoms with Gasteiger partial charge in [-0.05, 0) is 44.6 Å². The fourth-order valence-corrected chi connectivity index (χ4v) is 2.75. The molecule has 1 aromatic rings. The second kappa shape index (κ2) is 11.7. The van der Waals surface area contributed by atoms with Gasteiger partial charge in [-0.3, -0.25) is 4.99 Å². The predicted octanol–water partition coefficient (Wildman–Crippen LogP) is 3.36. The maximum absolute atomic E-state index is 5.64. The lowest BCUT2D eigenvalue weighted by atomic mass is 10.1. The molecule has 1 saturated heterocycles. The molecule has 23 heavy (non-hydrogen) atoms. The molecule has 2 atom stereocenters. The maximum Gasteiger partial charge on any atom is 0.191 e. The maximum atomic E-state index is 5.64. The second-order valence-corrected chi connectivity index (χ2v) is 5.99. The third-order valence-electron chi connectivity index (χ3n) is 4.10. The van der Waals surface area contributed by atoms with Crippen molar-refractivity contribution in [3.63, 3.8) is 0 Å². The number of guanidine groups is 1. The van der Waals surface area contributed by atoms with E-state index in [2.05, 4.69) is 52.9 Å². The molecule has 1 aromatic carbocycles. The van der Waals surface area contributed by atoms with Crippen LogP contribution in [0.5, 0.6) is 0 Å². The Morgan fingerprint density at radius 3 is 2.78 bits per heavy atom. The van der Waals surface area contributed by atoms with Crippen LogP contribution in [0, 0.1) is 0 Å². The summed E-state index contributed by atoms with van der Waals surface area (Å²) in [4.78, 5) is 4.30. The quantitative estimate of drug-likeness (QED) is 0.396. The van der Waals surface area contributed by atoms with Crippen molar-refractivity contribution in [3.8, 4) is 0 Å². The zero-order valence-electron chi connectivity index (χ0n) is 14.3. The molecule has 0 spiro atoms. The van der Waals surface area contributed by atoms with Gasteiger partial charge in [0.15, 0.2) is 5.96 Å². The van der Waals surface area contributed by atoms with Crippen molar-refractivity contribution in [2.24, 2.45) is 4.99 Å². The Kier molecular flexibility index (Phi) is 10.3. The minimum atomic E-state index is 0. The smallest absolute Gasteiger partial charge is 0.191 e. The monoisotopic (exact) mass is 431 g/mol. The van der Waals surface area contributed by atoms with Crippen LogP contribution in [0.2, 0.25) is 0 Å². The SMILES string of the molecule is CN=C(NCCC1CCCO1)NC(C)CCc1ccccc1.I. The average Bonchev–Trinajstić information content (AvgIpc) is 3.06. The van der Waals surface area contributed by atoms with Crippen LogP contribution < -0.4 is 10.6 Å². The van der Waals surface area contributed by atoms with Crippen LogP contribution in [0.3, 0.4) is 0 Å². The number of hydrogen-bond donors (Lipinski definition) is 2. The molecule has 2 N–H and O–H groups in total. The number of benzene rings is 1. The molecule has 1 heterocycles. The minimum Gasteiger partial charge on any atom is -0.378 e. The summed E-state index contributed by atoms with van der Waals surface area (Å²) in [5.74, 6) is 0.888. The van der Waals surface area contributed by atoms with Gasteiger partial charge in [0.1, 0.15) is 0 Å². The third kappa shape index (κ3) is 8.01. The number of nitrogens with one attached hydrogen (secondary N) is 2. The molecule has 0 aromatic heterocycles. The van der Waals surface area contributed by atoms with Crippen LogP contribution in [0.1, 0.15) is 38.2 Å². The van der Waals surface area contributed by atoms with Gasteiger partial charge in [-0.1, -0.05) is 30.3 Å². The van der Waals surface area contributed by atoms with Crippen LogP contribution >= 0.6 is 24.0 Å². The van der Waals surface area contributed by atoms with Crippen molar-refractivity contribution < 1.29 is 4.74 Å². The zero-order valence-corrected chi connectivity index (χ0v) is 16.6. The number of nitrogens with zero attached hydrogens (tertiary/aromatic N) is 1. The first-order valence-electron chi connectivity index (χ1n) is 8.40. The first-order valence-corrected chi connectivity index (χ1v) is 8.40. The van der Waals surface area contributed by atoms with Crippen molar-refractivity contribution in [3.05, 3.63) is 35.9 Å². The summed E-state index contributed by atoms with van der Waals surface area (Å²) in [6.07, 6.45) is 6.06. The molecular weight excluding hydrogens is 401 g/mol. The van der Waals surface area contributed by atoms with Crippen molar-refractivity contribution in [2.45, 2.75) is 51.2 Å². The van der Waals surface area contributed by atoms with Crippen LogP contribution in [0.4, 0.5) is 0 Å². The summed E-state index contributed by atoms with van der Waals surface area (Å²) >= 11 is 0. The van der Waals surface area contributed by atoms with Gasteiger partial charge in [-0.2, -0.15) is 0 Å². The van der Waals surface area contributed by atoms with E-state index in [0.29, 0.717) is 12.1 Å². The molecule has 0 aliphatic carbocycles. The summed E-state index contributed by atoms with van der Waals surface area (Å²) < 4.78 is 5.64. The highest BCUT2D eigenvalue weighted by molar-refractivity contribution is 14.0. The zero-order chi connectivity index (χ0) is 15.6. The fraction of sp³-hybridized carbons (Fsp3) is 0.611. The Morgan fingerprint density at radius 1 is 1.35 bits per heavy atom. The number of hydrogen-bond acceptors (Lipinski definition) is 2. The van der Waals surface area contributed by atoms with Crippen molar-refractivity contribution in [2.75, 3.05) is 20.2 Å². The van der Waals surface area contributed by atoms with Crippen molar-refractivity contribution >= 4 is 29.9 Å². The van der Waals surface area contributed by atoms with Gasteiger partial charge in [0, 0.05) is 26.2 Å². The highest BCUT2D eigenvalue weighted by Gasteiger charge is 2.15. The van der Waals surface area contributed by atoms with E-state index < -0.39 is 0 Å². The standard InChI is InChI=1S/C18H29N3O.HI/c1-15(10-11-16-7-4-3-5-8-16)21-18(19-2)20-13-12-17-9-6-14-22-17;/h3-5,7-8,15,17H,6,9-14H2,1-2H3,(H2,19,20,21);1H. The first kappa shape index (κ1) is 20.2. The van der Waals surface area contributed by atoms with E-state index in [0.717, 1.165) is 38.4 Å². The lowest BCUT2D eigenvalue weighted by Gasteiger charge is -2.18. The molecule has 5 heteroatoms. The normalized spacial score (nSPS) is 19.0. The molecule has 1 aliphatic rings. The molecule has 1 aliphatic heterocycles. The van der Waals surface area contributed by atoms with E-state index in [4.69, 9.17) is 4.74 Å². The molecular formula is C18H30IN3O. The van der Waals surface area contributed by atoms with Crippen molar-refractivity contribution in [1.29, 1.82) is 0 Å². The van der Waals surface area contributed by atoms with Crippen LogP contribution in [0.25, 0.3) is 0 Å². The number of aliphatic imine (C=N–C) groups is 1. The summed E-state index contributed by atoms with van der Waals surface area (Å²) in [6.45, 7) is 4.04. The Hall–Kier alpha value is -0.820. The third-order valence-corrected chi connectivity index (χ3v) is 4.10. The highest BCUT2D eigenvalue weighted by Crippen LogP contribution is 2.14. The highest BCUT2D eigenvalue weighted by atomic mass is 127. The van der Waals surface area contributed by atoms with Gasteiger partial charge in [0.25, 0.3) is 0 Å². The lowest BCUT2D eigenvalue weighted by molar-refractivity contribution is 0.105. The minimum absolute atomic E-state index is 0. The molecule has 1 fully saturated rings. The van der Waals surface area contributed by atoms with E-state index >= 15 is 0 Å². The Morgan fingerprint density at radius 2 is 2.13 bits per heavy atom. The van der Waals surface area contributed by atoms with Gasteiger partial charge < -0.3 is 15.4 Å².